The molecular weight excluding hydrogens is 436 g/mol. The van der Waals surface area contributed by atoms with Gasteiger partial charge in [0.05, 0.1) is 21.4 Å². The zero-order valence-electron chi connectivity index (χ0n) is 15.2. The lowest BCUT2D eigenvalue weighted by atomic mass is 10.3. The average Bonchev–Trinajstić information content (AvgIpc) is 3.01. The predicted octanol–water partition coefficient (Wildman–Crippen LogP) is 4.26. The number of aryl methyl sites for hydroxylation is 1. The molecule has 1 aromatic heterocycles. The number of anilines is 1. The second kappa shape index (κ2) is 10.5. The van der Waals surface area contributed by atoms with Crippen LogP contribution in [0.25, 0.3) is 0 Å². The molecule has 1 fully saturated rings. The van der Waals surface area contributed by atoms with Gasteiger partial charge < -0.3 is 5.32 Å². The van der Waals surface area contributed by atoms with E-state index in [9.17, 15) is 14.9 Å². The van der Waals surface area contributed by atoms with E-state index < -0.39 is 4.92 Å². The number of nitro benzene ring substituents is 1. The van der Waals surface area contributed by atoms with Crippen molar-refractivity contribution in [3.05, 3.63) is 45.3 Å². The third-order valence-corrected chi connectivity index (χ3v) is 7.81. The summed E-state index contributed by atoms with van der Waals surface area (Å²) in [5.74, 6) is 2.21. The Kier molecular flexibility index (Phi) is 8.06. The van der Waals surface area contributed by atoms with Crippen molar-refractivity contribution >= 4 is 64.3 Å². The summed E-state index contributed by atoms with van der Waals surface area (Å²) in [5.41, 5.74) is 0.901. The van der Waals surface area contributed by atoms with Crippen LogP contribution in [0.3, 0.4) is 0 Å². The second-order valence-corrected chi connectivity index (χ2v) is 10.7. The maximum atomic E-state index is 12.2. The maximum Gasteiger partial charge on any atom is 0.269 e. The number of nitrogens with one attached hydrogen (secondary N) is 2. The molecule has 150 valence electrons. The molecule has 0 radical (unpaired) electrons. The van der Waals surface area contributed by atoms with E-state index in [2.05, 4.69) is 14.3 Å². The van der Waals surface area contributed by atoms with Crippen molar-refractivity contribution in [3.63, 3.8) is 0 Å². The van der Waals surface area contributed by atoms with E-state index in [1.54, 1.807) is 35.4 Å². The minimum absolute atomic E-state index is 0.0482. The molecule has 0 atom stereocenters. The van der Waals surface area contributed by atoms with Gasteiger partial charge in [0.25, 0.3) is 5.69 Å². The van der Waals surface area contributed by atoms with E-state index in [0.29, 0.717) is 0 Å². The summed E-state index contributed by atoms with van der Waals surface area (Å²) in [6, 6.07) is 8.23. The number of non-ortho nitro benzene ring substituents is 1. The molecule has 1 saturated heterocycles. The molecule has 2 heterocycles. The highest BCUT2D eigenvalue weighted by Crippen LogP contribution is 2.36. The van der Waals surface area contributed by atoms with E-state index in [1.165, 1.54) is 39.8 Å². The summed E-state index contributed by atoms with van der Waals surface area (Å²) in [6.07, 6.45) is 0. The number of carbonyl (C=O) groups excluding carboxylic acids is 1. The number of hydrogen-bond acceptors (Lipinski definition) is 9. The van der Waals surface area contributed by atoms with Crippen molar-refractivity contribution in [1.82, 2.24) is 9.03 Å². The molecule has 0 spiro atoms. The quantitative estimate of drug-likeness (QED) is 0.346. The van der Waals surface area contributed by atoms with E-state index in [1.807, 2.05) is 24.8 Å². The largest absolute Gasteiger partial charge is 0.324 e. The van der Waals surface area contributed by atoms with Crippen LogP contribution >= 0.6 is 47.0 Å². The van der Waals surface area contributed by atoms with Gasteiger partial charge in [-0.2, -0.15) is 11.8 Å². The summed E-state index contributed by atoms with van der Waals surface area (Å²) in [7, 11) is 0. The lowest BCUT2D eigenvalue weighted by Crippen LogP contribution is -2.26. The SMILES string of the molecule is Cc1sc(SN2CCSCC2)cc1NC(=O)CNSc1ccc([N+](=O)[O-])cc1. The molecule has 1 aliphatic heterocycles. The molecule has 1 amide bonds. The predicted molar refractivity (Wildman–Crippen MR) is 119 cm³/mol. The lowest BCUT2D eigenvalue weighted by molar-refractivity contribution is -0.384. The Morgan fingerprint density at radius 1 is 1.29 bits per heavy atom. The number of rotatable bonds is 8. The molecule has 1 aromatic carbocycles. The highest BCUT2D eigenvalue weighted by atomic mass is 32.2. The molecule has 1 aliphatic rings. The summed E-state index contributed by atoms with van der Waals surface area (Å²) in [4.78, 5) is 24.3. The number of nitrogens with zero attached hydrogens (tertiary/aromatic N) is 2. The Morgan fingerprint density at radius 2 is 2.00 bits per heavy atom. The van der Waals surface area contributed by atoms with Gasteiger partial charge in [0, 0.05) is 46.5 Å². The Labute approximate surface area is 180 Å². The van der Waals surface area contributed by atoms with Gasteiger partial charge in [-0.15, -0.1) is 11.3 Å². The molecule has 0 unspecified atom stereocenters. The summed E-state index contributed by atoms with van der Waals surface area (Å²) in [5, 5.41) is 13.6. The van der Waals surface area contributed by atoms with Gasteiger partial charge >= 0.3 is 0 Å². The molecule has 7 nitrogen and oxygen atoms in total. The van der Waals surface area contributed by atoms with Crippen LogP contribution in [0.15, 0.2) is 39.4 Å². The first-order valence-corrected chi connectivity index (χ1v) is 12.1. The number of benzene rings is 1. The first-order valence-electron chi connectivity index (χ1n) is 8.56. The van der Waals surface area contributed by atoms with Gasteiger partial charge in [-0.1, -0.05) is 0 Å². The molecule has 11 heteroatoms. The highest BCUT2D eigenvalue weighted by molar-refractivity contribution is 8.00. The highest BCUT2D eigenvalue weighted by Gasteiger charge is 2.15. The molecule has 0 saturated carbocycles. The Morgan fingerprint density at radius 3 is 2.68 bits per heavy atom. The second-order valence-electron chi connectivity index (χ2n) is 5.89. The third-order valence-electron chi connectivity index (χ3n) is 3.83. The summed E-state index contributed by atoms with van der Waals surface area (Å²) >= 11 is 6.71. The van der Waals surface area contributed by atoms with Gasteiger partial charge in [0.15, 0.2) is 0 Å². The Bertz CT molecular complexity index is 822. The minimum atomic E-state index is -0.435. The van der Waals surface area contributed by atoms with Gasteiger partial charge in [0.1, 0.15) is 0 Å². The molecule has 2 N–H and O–H groups in total. The zero-order valence-corrected chi connectivity index (χ0v) is 18.4. The maximum absolute atomic E-state index is 12.2. The van der Waals surface area contributed by atoms with Crippen LogP contribution in [0.5, 0.6) is 0 Å². The zero-order chi connectivity index (χ0) is 19.9. The summed E-state index contributed by atoms with van der Waals surface area (Å²) < 4.78 is 6.54. The Balaban J connectivity index is 1.44. The van der Waals surface area contributed by atoms with E-state index >= 15 is 0 Å². The van der Waals surface area contributed by atoms with Crippen molar-refractivity contribution in [3.8, 4) is 0 Å². The van der Waals surface area contributed by atoms with Gasteiger partial charge in [-0.3, -0.25) is 19.6 Å². The third kappa shape index (κ3) is 6.39. The normalized spacial score (nSPS) is 14.8. The number of thioether (sulfide) groups is 1. The van der Waals surface area contributed by atoms with E-state index in [4.69, 9.17) is 0 Å². The van der Waals surface area contributed by atoms with Crippen molar-refractivity contribution in [1.29, 1.82) is 0 Å². The molecular formula is C17H20N4O3S4. The van der Waals surface area contributed by atoms with Crippen LogP contribution in [0.2, 0.25) is 0 Å². The number of hydrogen-bond donors (Lipinski definition) is 2. The lowest BCUT2D eigenvalue weighted by Gasteiger charge is -2.23. The monoisotopic (exact) mass is 456 g/mol. The van der Waals surface area contributed by atoms with Crippen molar-refractivity contribution in [2.24, 2.45) is 0 Å². The molecule has 3 rings (SSSR count). The van der Waals surface area contributed by atoms with Crippen molar-refractivity contribution in [2.45, 2.75) is 16.0 Å². The van der Waals surface area contributed by atoms with Crippen LogP contribution in [0, 0.1) is 17.0 Å². The van der Waals surface area contributed by atoms with Crippen molar-refractivity contribution < 1.29 is 9.72 Å². The number of thiophene rings is 1. The first-order chi connectivity index (χ1) is 13.5. The standard InChI is InChI=1S/C17H20N4O3S4/c1-12-15(10-17(26-12)28-20-6-8-25-9-7-20)19-16(22)11-18-27-14-4-2-13(3-5-14)21(23)24/h2-5,10,18H,6-9,11H2,1H3,(H,19,22). The van der Waals surface area contributed by atoms with Crippen LogP contribution in [0.1, 0.15) is 4.88 Å². The molecule has 2 aromatic rings. The van der Waals surface area contributed by atoms with Gasteiger partial charge in [-0.25, -0.2) is 4.31 Å². The summed E-state index contributed by atoms with van der Waals surface area (Å²) in [6.45, 7) is 4.31. The van der Waals surface area contributed by atoms with E-state index in [-0.39, 0.29) is 18.1 Å². The smallest absolute Gasteiger partial charge is 0.269 e. The molecule has 28 heavy (non-hydrogen) atoms. The first kappa shape index (κ1) is 21.5. The molecule has 0 bridgehead atoms. The van der Waals surface area contributed by atoms with E-state index in [0.717, 1.165) is 28.5 Å². The topological polar surface area (TPSA) is 87.5 Å². The number of carbonyl (C=O) groups is 1. The van der Waals surface area contributed by atoms with Crippen LogP contribution in [-0.2, 0) is 4.79 Å². The van der Waals surface area contributed by atoms with Gasteiger partial charge in [0.2, 0.25) is 5.91 Å². The fourth-order valence-corrected chi connectivity index (χ4v) is 6.51. The van der Waals surface area contributed by atoms with Crippen LogP contribution in [0.4, 0.5) is 11.4 Å². The average molecular weight is 457 g/mol. The van der Waals surface area contributed by atoms with Crippen LogP contribution < -0.4 is 10.0 Å². The van der Waals surface area contributed by atoms with Crippen molar-refractivity contribution in [2.75, 3.05) is 36.5 Å². The minimum Gasteiger partial charge on any atom is -0.324 e. The number of nitro groups is 1. The number of amides is 1. The van der Waals surface area contributed by atoms with Gasteiger partial charge in [-0.05, 0) is 49.0 Å². The fourth-order valence-electron chi connectivity index (χ4n) is 2.40. The Hall–Kier alpha value is -1.24. The van der Waals surface area contributed by atoms with Crippen LogP contribution in [-0.4, -0.2) is 46.3 Å². The fraction of sp³-hybridized carbons (Fsp3) is 0.353. The molecule has 0 aliphatic carbocycles.